The van der Waals surface area contributed by atoms with Gasteiger partial charge in [-0.2, -0.15) is 0 Å². The monoisotopic (exact) mass is 164 g/mol. The van der Waals surface area contributed by atoms with E-state index in [1.165, 1.54) is 0 Å². The standard InChI is InChI=1S/C10H12O2/c1-7-6-8(11)2-3-9(7)10(12)4-5-10/h2-3,6,11-12H,4-5H2,1H3. The predicted octanol–water partition coefficient (Wildman–Crippen LogP) is 1.68. The molecule has 1 aromatic carbocycles. The van der Waals surface area contributed by atoms with E-state index in [1.807, 2.05) is 6.92 Å². The number of phenols is 1. The van der Waals surface area contributed by atoms with Crippen molar-refractivity contribution in [2.24, 2.45) is 0 Å². The summed E-state index contributed by atoms with van der Waals surface area (Å²) in [6, 6.07) is 5.11. The van der Waals surface area contributed by atoms with Gasteiger partial charge in [0.25, 0.3) is 0 Å². The normalized spacial score (nSPS) is 19.2. The molecule has 1 fully saturated rings. The van der Waals surface area contributed by atoms with Crippen LogP contribution in [0.3, 0.4) is 0 Å². The summed E-state index contributed by atoms with van der Waals surface area (Å²) in [5.74, 6) is 0.264. The minimum atomic E-state index is -0.586. The number of aryl methyl sites for hydroxylation is 1. The second-order valence-corrected chi connectivity index (χ2v) is 3.53. The van der Waals surface area contributed by atoms with Gasteiger partial charge in [0.2, 0.25) is 0 Å². The minimum absolute atomic E-state index is 0.264. The average molecular weight is 164 g/mol. The number of rotatable bonds is 1. The Morgan fingerprint density at radius 2 is 2.00 bits per heavy atom. The molecule has 0 saturated heterocycles. The van der Waals surface area contributed by atoms with Crippen LogP contribution in [0, 0.1) is 6.92 Å². The first-order chi connectivity index (χ1) is 5.62. The van der Waals surface area contributed by atoms with E-state index in [0.29, 0.717) is 0 Å². The number of benzene rings is 1. The Labute approximate surface area is 71.5 Å². The lowest BCUT2D eigenvalue weighted by atomic mass is 10.0. The summed E-state index contributed by atoms with van der Waals surface area (Å²) in [4.78, 5) is 0. The van der Waals surface area contributed by atoms with E-state index in [9.17, 15) is 5.11 Å². The molecule has 0 bridgehead atoms. The molecular formula is C10H12O2. The summed E-state index contributed by atoms with van der Waals surface area (Å²) in [5.41, 5.74) is 1.34. The van der Waals surface area contributed by atoms with E-state index < -0.39 is 5.60 Å². The molecule has 2 nitrogen and oxygen atoms in total. The van der Waals surface area contributed by atoms with Gasteiger partial charge in [-0.3, -0.25) is 0 Å². The van der Waals surface area contributed by atoms with Crippen LogP contribution in [0.4, 0.5) is 0 Å². The van der Waals surface area contributed by atoms with Crippen LogP contribution in [0.15, 0.2) is 18.2 Å². The van der Waals surface area contributed by atoms with Gasteiger partial charge in [0.15, 0.2) is 0 Å². The Balaban J connectivity index is 2.45. The fourth-order valence-corrected chi connectivity index (χ4v) is 1.56. The van der Waals surface area contributed by atoms with Gasteiger partial charge in [-0.15, -0.1) is 0 Å². The molecule has 64 valence electrons. The second-order valence-electron chi connectivity index (χ2n) is 3.53. The van der Waals surface area contributed by atoms with Gasteiger partial charge in [0.05, 0.1) is 5.60 Å². The topological polar surface area (TPSA) is 40.5 Å². The third-order valence-corrected chi connectivity index (χ3v) is 2.43. The summed E-state index contributed by atoms with van der Waals surface area (Å²) in [6.07, 6.45) is 1.69. The average Bonchev–Trinajstić information content (AvgIpc) is 2.68. The molecular weight excluding hydrogens is 152 g/mol. The molecule has 1 aliphatic rings. The molecule has 0 amide bonds. The van der Waals surface area contributed by atoms with Gasteiger partial charge in [-0.1, -0.05) is 6.07 Å². The van der Waals surface area contributed by atoms with Crippen LogP contribution in [-0.4, -0.2) is 10.2 Å². The lowest BCUT2D eigenvalue weighted by Gasteiger charge is -2.11. The highest BCUT2D eigenvalue weighted by molar-refractivity contribution is 5.39. The highest BCUT2D eigenvalue weighted by atomic mass is 16.3. The van der Waals surface area contributed by atoms with Crippen LogP contribution in [0.2, 0.25) is 0 Å². The summed E-state index contributed by atoms with van der Waals surface area (Å²) in [6.45, 7) is 1.91. The Bertz CT molecular complexity index is 314. The number of hydrogen-bond donors (Lipinski definition) is 2. The van der Waals surface area contributed by atoms with Crippen molar-refractivity contribution in [3.63, 3.8) is 0 Å². The van der Waals surface area contributed by atoms with Crippen molar-refractivity contribution in [2.75, 3.05) is 0 Å². The maximum absolute atomic E-state index is 9.79. The third kappa shape index (κ3) is 1.08. The Kier molecular flexibility index (Phi) is 1.42. The van der Waals surface area contributed by atoms with E-state index in [-0.39, 0.29) is 5.75 Å². The van der Waals surface area contributed by atoms with Crippen molar-refractivity contribution in [2.45, 2.75) is 25.4 Å². The molecule has 2 heteroatoms. The molecule has 1 saturated carbocycles. The molecule has 0 atom stereocenters. The number of aromatic hydroxyl groups is 1. The van der Waals surface area contributed by atoms with E-state index in [4.69, 9.17) is 5.11 Å². The molecule has 0 heterocycles. The summed E-state index contributed by atoms with van der Waals surface area (Å²) >= 11 is 0. The van der Waals surface area contributed by atoms with Crippen molar-refractivity contribution in [1.82, 2.24) is 0 Å². The Morgan fingerprint density at radius 3 is 2.50 bits per heavy atom. The van der Waals surface area contributed by atoms with E-state index in [0.717, 1.165) is 24.0 Å². The van der Waals surface area contributed by atoms with E-state index >= 15 is 0 Å². The van der Waals surface area contributed by atoms with Gasteiger partial charge in [0, 0.05) is 0 Å². The zero-order valence-corrected chi connectivity index (χ0v) is 7.04. The predicted molar refractivity (Wildman–Crippen MR) is 46.0 cm³/mol. The van der Waals surface area contributed by atoms with Gasteiger partial charge in [0.1, 0.15) is 5.75 Å². The summed E-state index contributed by atoms with van der Waals surface area (Å²) in [5, 5.41) is 18.9. The van der Waals surface area contributed by atoms with Crippen molar-refractivity contribution >= 4 is 0 Å². The molecule has 2 rings (SSSR count). The lowest BCUT2D eigenvalue weighted by molar-refractivity contribution is 0.150. The van der Waals surface area contributed by atoms with Gasteiger partial charge in [-0.25, -0.2) is 0 Å². The molecule has 0 radical (unpaired) electrons. The zero-order valence-electron chi connectivity index (χ0n) is 7.04. The number of hydrogen-bond acceptors (Lipinski definition) is 2. The largest absolute Gasteiger partial charge is 0.508 e. The maximum Gasteiger partial charge on any atom is 0.115 e. The van der Waals surface area contributed by atoms with E-state index in [2.05, 4.69) is 0 Å². The van der Waals surface area contributed by atoms with Crippen LogP contribution in [0.5, 0.6) is 5.75 Å². The van der Waals surface area contributed by atoms with Crippen LogP contribution < -0.4 is 0 Å². The van der Waals surface area contributed by atoms with Crippen LogP contribution in [0.25, 0.3) is 0 Å². The fraction of sp³-hybridized carbons (Fsp3) is 0.400. The number of aliphatic hydroxyl groups is 1. The van der Waals surface area contributed by atoms with Crippen molar-refractivity contribution < 1.29 is 10.2 Å². The van der Waals surface area contributed by atoms with Gasteiger partial charge < -0.3 is 10.2 Å². The SMILES string of the molecule is Cc1cc(O)ccc1C1(O)CC1. The third-order valence-electron chi connectivity index (χ3n) is 2.43. The fourth-order valence-electron chi connectivity index (χ4n) is 1.56. The first-order valence-electron chi connectivity index (χ1n) is 4.14. The molecule has 1 aromatic rings. The Hall–Kier alpha value is -1.02. The summed E-state index contributed by atoms with van der Waals surface area (Å²) < 4.78 is 0. The van der Waals surface area contributed by atoms with Gasteiger partial charge >= 0.3 is 0 Å². The smallest absolute Gasteiger partial charge is 0.115 e. The molecule has 0 spiro atoms. The molecule has 2 N–H and O–H groups in total. The molecule has 0 aliphatic heterocycles. The maximum atomic E-state index is 9.79. The summed E-state index contributed by atoms with van der Waals surface area (Å²) in [7, 11) is 0. The zero-order chi connectivity index (χ0) is 8.77. The molecule has 0 aromatic heterocycles. The van der Waals surface area contributed by atoms with Crippen molar-refractivity contribution in [3.8, 4) is 5.75 Å². The van der Waals surface area contributed by atoms with Crippen molar-refractivity contribution in [3.05, 3.63) is 29.3 Å². The number of phenolic OH excluding ortho intramolecular Hbond substituents is 1. The molecule has 12 heavy (non-hydrogen) atoms. The van der Waals surface area contributed by atoms with Crippen molar-refractivity contribution in [1.29, 1.82) is 0 Å². The first kappa shape index (κ1) is 7.62. The quantitative estimate of drug-likeness (QED) is 0.663. The minimum Gasteiger partial charge on any atom is -0.508 e. The van der Waals surface area contributed by atoms with Crippen LogP contribution in [-0.2, 0) is 5.60 Å². The van der Waals surface area contributed by atoms with Crippen LogP contribution >= 0.6 is 0 Å². The van der Waals surface area contributed by atoms with Gasteiger partial charge in [-0.05, 0) is 43.0 Å². The second kappa shape index (κ2) is 2.23. The highest BCUT2D eigenvalue weighted by Crippen LogP contribution is 2.46. The van der Waals surface area contributed by atoms with E-state index in [1.54, 1.807) is 18.2 Å². The Morgan fingerprint density at radius 1 is 1.33 bits per heavy atom. The van der Waals surface area contributed by atoms with Crippen LogP contribution in [0.1, 0.15) is 24.0 Å². The highest BCUT2D eigenvalue weighted by Gasteiger charge is 2.42. The first-order valence-corrected chi connectivity index (χ1v) is 4.14. The molecule has 1 aliphatic carbocycles. The molecule has 0 unspecified atom stereocenters. The lowest BCUT2D eigenvalue weighted by Crippen LogP contribution is -2.05.